The van der Waals surface area contributed by atoms with E-state index in [4.69, 9.17) is 0 Å². The fraction of sp³-hybridized carbons (Fsp3) is 0.105. The molecule has 0 aromatic heterocycles. The molecule has 1 heterocycles. The molecule has 3 aromatic rings. The van der Waals surface area contributed by atoms with Gasteiger partial charge in [-0.25, -0.2) is 4.39 Å². The normalized spacial score (nSPS) is 17.1. The highest BCUT2D eigenvalue weighted by atomic mass is 19.1. The largest absolute Gasteiger partial charge is 0.326 e. The van der Waals surface area contributed by atoms with Crippen LogP contribution in [0.2, 0.25) is 0 Å². The van der Waals surface area contributed by atoms with Crippen molar-refractivity contribution in [3.63, 3.8) is 0 Å². The molecular formula is C19H14FNO. The van der Waals surface area contributed by atoms with Gasteiger partial charge >= 0.3 is 0 Å². The van der Waals surface area contributed by atoms with Crippen molar-refractivity contribution in [1.29, 1.82) is 0 Å². The summed E-state index contributed by atoms with van der Waals surface area (Å²) in [6, 6.07) is 18.6. The van der Waals surface area contributed by atoms with E-state index in [9.17, 15) is 9.18 Å². The summed E-state index contributed by atoms with van der Waals surface area (Å²) >= 11 is 0. The predicted octanol–water partition coefficient (Wildman–Crippen LogP) is 4.45. The standard InChI is InChI=1S/C19H14FNO/c20-14-6-3-5-13(10-14)16-11-18(22)21-17-9-8-12-4-1-2-7-15(12)19(16)17/h1-10,16H,11H2,(H,21,22). The van der Waals surface area contributed by atoms with E-state index in [0.717, 1.165) is 27.6 Å². The Bertz CT molecular complexity index is 887. The summed E-state index contributed by atoms with van der Waals surface area (Å²) in [4.78, 5) is 12.0. The third-order valence-electron chi connectivity index (χ3n) is 4.23. The van der Waals surface area contributed by atoms with Gasteiger partial charge in [0.15, 0.2) is 0 Å². The Kier molecular flexibility index (Phi) is 2.93. The number of rotatable bonds is 1. The van der Waals surface area contributed by atoms with Gasteiger partial charge in [0.05, 0.1) is 0 Å². The molecule has 1 N–H and O–H groups in total. The zero-order valence-corrected chi connectivity index (χ0v) is 11.8. The second-order valence-electron chi connectivity index (χ2n) is 5.61. The van der Waals surface area contributed by atoms with Crippen LogP contribution in [0.4, 0.5) is 10.1 Å². The van der Waals surface area contributed by atoms with Crippen LogP contribution in [0.3, 0.4) is 0 Å². The molecule has 108 valence electrons. The van der Waals surface area contributed by atoms with Crippen LogP contribution in [-0.4, -0.2) is 5.91 Å². The molecule has 1 unspecified atom stereocenters. The van der Waals surface area contributed by atoms with Gasteiger partial charge in [-0.1, -0.05) is 42.5 Å². The van der Waals surface area contributed by atoms with Crippen LogP contribution in [0.15, 0.2) is 60.7 Å². The Morgan fingerprint density at radius 3 is 2.73 bits per heavy atom. The van der Waals surface area contributed by atoms with E-state index in [1.165, 1.54) is 12.1 Å². The summed E-state index contributed by atoms with van der Waals surface area (Å²) in [5, 5.41) is 5.16. The second-order valence-corrected chi connectivity index (χ2v) is 5.61. The summed E-state index contributed by atoms with van der Waals surface area (Å²) in [7, 11) is 0. The number of amides is 1. The zero-order chi connectivity index (χ0) is 15.1. The quantitative estimate of drug-likeness (QED) is 0.705. The predicted molar refractivity (Wildman–Crippen MR) is 85.4 cm³/mol. The first-order valence-electron chi connectivity index (χ1n) is 7.29. The minimum Gasteiger partial charge on any atom is -0.326 e. The zero-order valence-electron chi connectivity index (χ0n) is 11.8. The molecule has 0 aliphatic carbocycles. The number of fused-ring (bicyclic) bond motifs is 3. The molecule has 0 radical (unpaired) electrons. The van der Waals surface area contributed by atoms with E-state index in [1.807, 2.05) is 30.3 Å². The van der Waals surface area contributed by atoms with Gasteiger partial charge in [-0.3, -0.25) is 4.79 Å². The molecule has 3 aromatic carbocycles. The molecule has 0 spiro atoms. The number of nitrogens with one attached hydrogen (secondary N) is 1. The summed E-state index contributed by atoms with van der Waals surface area (Å²) in [6.45, 7) is 0. The lowest BCUT2D eigenvalue weighted by molar-refractivity contribution is -0.116. The Morgan fingerprint density at radius 2 is 1.86 bits per heavy atom. The van der Waals surface area contributed by atoms with E-state index in [1.54, 1.807) is 6.07 Å². The van der Waals surface area contributed by atoms with Gasteiger partial charge in [-0.2, -0.15) is 0 Å². The molecule has 0 fully saturated rings. The first kappa shape index (κ1) is 13.0. The lowest BCUT2D eigenvalue weighted by atomic mass is 9.82. The third-order valence-corrected chi connectivity index (χ3v) is 4.23. The smallest absolute Gasteiger partial charge is 0.225 e. The van der Waals surface area contributed by atoms with Crippen molar-refractivity contribution in [3.8, 4) is 0 Å². The Labute approximate surface area is 127 Å². The van der Waals surface area contributed by atoms with E-state index in [-0.39, 0.29) is 17.6 Å². The molecular weight excluding hydrogens is 277 g/mol. The van der Waals surface area contributed by atoms with Gasteiger partial charge in [-0.15, -0.1) is 0 Å². The van der Waals surface area contributed by atoms with Gasteiger partial charge in [0, 0.05) is 18.0 Å². The summed E-state index contributed by atoms with van der Waals surface area (Å²) in [5.41, 5.74) is 2.74. The first-order valence-corrected chi connectivity index (χ1v) is 7.29. The molecule has 0 bridgehead atoms. The number of benzene rings is 3. The fourth-order valence-corrected chi connectivity index (χ4v) is 3.28. The van der Waals surface area contributed by atoms with Crippen molar-refractivity contribution in [3.05, 3.63) is 77.6 Å². The molecule has 1 aliphatic rings. The molecule has 3 heteroatoms. The number of hydrogen-bond acceptors (Lipinski definition) is 1. The molecule has 1 amide bonds. The van der Waals surface area contributed by atoms with E-state index in [2.05, 4.69) is 17.4 Å². The second kappa shape index (κ2) is 4.95. The maximum atomic E-state index is 13.6. The summed E-state index contributed by atoms with van der Waals surface area (Å²) in [5.74, 6) is -0.423. The molecule has 22 heavy (non-hydrogen) atoms. The van der Waals surface area contributed by atoms with Crippen LogP contribution in [-0.2, 0) is 4.79 Å². The van der Waals surface area contributed by atoms with Crippen LogP contribution in [0, 0.1) is 5.82 Å². The average Bonchev–Trinajstić information content (AvgIpc) is 2.53. The molecule has 1 atom stereocenters. The highest BCUT2D eigenvalue weighted by molar-refractivity contribution is 6.01. The minimum atomic E-state index is -0.273. The van der Waals surface area contributed by atoms with Crippen LogP contribution >= 0.6 is 0 Å². The van der Waals surface area contributed by atoms with E-state index < -0.39 is 0 Å². The Morgan fingerprint density at radius 1 is 1.00 bits per heavy atom. The minimum absolute atomic E-state index is 0.0305. The number of carbonyl (C=O) groups excluding carboxylic acids is 1. The van der Waals surface area contributed by atoms with Crippen LogP contribution in [0.1, 0.15) is 23.5 Å². The topological polar surface area (TPSA) is 29.1 Å². The number of carbonyl (C=O) groups is 1. The van der Waals surface area contributed by atoms with E-state index in [0.29, 0.717) is 6.42 Å². The Hall–Kier alpha value is -2.68. The Balaban J connectivity index is 1.99. The molecule has 0 saturated heterocycles. The van der Waals surface area contributed by atoms with Crippen molar-refractivity contribution in [2.45, 2.75) is 12.3 Å². The van der Waals surface area contributed by atoms with Gasteiger partial charge in [0.1, 0.15) is 5.82 Å². The monoisotopic (exact) mass is 291 g/mol. The van der Waals surface area contributed by atoms with Gasteiger partial charge < -0.3 is 5.32 Å². The maximum absolute atomic E-state index is 13.6. The molecule has 1 aliphatic heterocycles. The highest BCUT2D eigenvalue weighted by Crippen LogP contribution is 2.41. The number of halogens is 1. The molecule has 2 nitrogen and oxygen atoms in total. The van der Waals surface area contributed by atoms with Crippen molar-refractivity contribution in [2.75, 3.05) is 5.32 Å². The maximum Gasteiger partial charge on any atom is 0.225 e. The number of hydrogen-bond donors (Lipinski definition) is 1. The van der Waals surface area contributed by atoms with Gasteiger partial charge in [0.25, 0.3) is 0 Å². The van der Waals surface area contributed by atoms with Crippen molar-refractivity contribution < 1.29 is 9.18 Å². The molecule has 4 rings (SSSR count). The highest BCUT2D eigenvalue weighted by Gasteiger charge is 2.28. The van der Waals surface area contributed by atoms with Crippen molar-refractivity contribution >= 4 is 22.4 Å². The SMILES string of the molecule is O=C1CC(c2cccc(F)c2)c2c(ccc3ccccc23)N1. The van der Waals surface area contributed by atoms with Crippen molar-refractivity contribution in [1.82, 2.24) is 0 Å². The van der Waals surface area contributed by atoms with Crippen molar-refractivity contribution in [2.24, 2.45) is 0 Å². The lowest BCUT2D eigenvalue weighted by Gasteiger charge is -2.27. The number of anilines is 1. The average molecular weight is 291 g/mol. The lowest BCUT2D eigenvalue weighted by Crippen LogP contribution is -2.23. The summed E-state index contributed by atoms with van der Waals surface area (Å²) in [6.07, 6.45) is 0.338. The fourth-order valence-electron chi connectivity index (χ4n) is 3.28. The third kappa shape index (κ3) is 2.06. The first-order chi connectivity index (χ1) is 10.7. The summed E-state index contributed by atoms with van der Waals surface area (Å²) < 4.78 is 13.6. The molecule has 0 saturated carbocycles. The van der Waals surface area contributed by atoms with Crippen LogP contribution in [0.25, 0.3) is 10.8 Å². The van der Waals surface area contributed by atoms with Gasteiger partial charge in [0.2, 0.25) is 5.91 Å². The van der Waals surface area contributed by atoms with E-state index >= 15 is 0 Å². The van der Waals surface area contributed by atoms with Gasteiger partial charge in [-0.05, 0) is 40.1 Å². The van der Waals surface area contributed by atoms with Crippen LogP contribution in [0.5, 0.6) is 0 Å². The van der Waals surface area contributed by atoms with Crippen LogP contribution < -0.4 is 5.32 Å².